The van der Waals surface area contributed by atoms with Gasteiger partial charge in [-0.1, -0.05) is 18.2 Å². The fourth-order valence-electron chi connectivity index (χ4n) is 1.50. The van der Waals surface area contributed by atoms with Crippen molar-refractivity contribution >= 4 is 18.1 Å². The molecule has 3 heteroatoms. The van der Waals surface area contributed by atoms with Crippen LogP contribution in [0.5, 0.6) is 0 Å². The second kappa shape index (κ2) is 3.78. The van der Waals surface area contributed by atoms with Crippen LogP contribution in [0.1, 0.15) is 18.0 Å². The van der Waals surface area contributed by atoms with Crippen LogP contribution in [0.2, 0.25) is 0 Å². The number of nitrogens with one attached hydrogen (secondary N) is 1. The molecule has 1 aliphatic heterocycles. The van der Waals surface area contributed by atoms with Gasteiger partial charge in [0.05, 0.1) is 0 Å². The molecule has 3 N–H and O–H groups in total. The van der Waals surface area contributed by atoms with Gasteiger partial charge in [-0.3, -0.25) is 0 Å². The molecule has 12 heavy (non-hydrogen) atoms. The van der Waals surface area contributed by atoms with E-state index in [1.807, 2.05) is 12.1 Å². The van der Waals surface area contributed by atoms with Crippen LogP contribution in [0, 0.1) is 0 Å². The number of fused-ring (bicyclic) bond motifs is 1. The Morgan fingerprint density at radius 2 is 2.08 bits per heavy atom. The number of nitrogens with two attached hydrogens (primary N) is 1. The van der Waals surface area contributed by atoms with E-state index in [9.17, 15) is 0 Å². The molecule has 0 spiro atoms. The Bertz CT molecular complexity index is 262. The Morgan fingerprint density at radius 3 is 2.83 bits per heavy atom. The lowest BCUT2D eigenvalue weighted by Crippen LogP contribution is -2.22. The topological polar surface area (TPSA) is 38.0 Å². The molecule has 1 unspecified atom stereocenters. The van der Waals surface area contributed by atoms with Crippen molar-refractivity contribution in [2.24, 2.45) is 5.73 Å². The average Bonchev–Trinajstić information content (AvgIpc) is 2.06. The minimum Gasteiger partial charge on any atom is -0.385 e. The van der Waals surface area contributed by atoms with Gasteiger partial charge in [0, 0.05) is 18.3 Å². The highest BCUT2D eigenvalue weighted by molar-refractivity contribution is 5.85. The molecular weight excluding hydrogens is 172 g/mol. The maximum atomic E-state index is 5.91. The van der Waals surface area contributed by atoms with Gasteiger partial charge in [0.2, 0.25) is 0 Å². The fraction of sp³-hybridized carbons (Fsp3) is 0.333. The SMILES string of the molecule is Cl.NC1CCNc2ccccc21. The van der Waals surface area contributed by atoms with Crippen molar-refractivity contribution in [3.05, 3.63) is 29.8 Å². The molecule has 0 bridgehead atoms. The highest BCUT2D eigenvalue weighted by Crippen LogP contribution is 2.26. The second-order valence-corrected chi connectivity index (χ2v) is 2.91. The van der Waals surface area contributed by atoms with E-state index in [1.54, 1.807) is 0 Å². The lowest BCUT2D eigenvalue weighted by Gasteiger charge is -2.23. The number of para-hydroxylation sites is 1. The summed E-state index contributed by atoms with van der Waals surface area (Å²) in [6.07, 6.45) is 1.04. The summed E-state index contributed by atoms with van der Waals surface area (Å²) in [6.45, 7) is 0.998. The van der Waals surface area contributed by atoms with E-state index in [-0.39, 0.29) is 18.4 Å². The van der Waals surface area contributed by atoms with Crippen molar-refractivity contribution < 1.29 is 0 Å². The Hall–Kier alpha value is -0.730. The van der Waals surface area contributed by atoms with Crippen molar-refractivity contribution in [1.82, 2.24) is 0 Å². The van der Waals surface area contributed by atoms with Crippen molar-refractivity contribution in [2.75, 3.05) is 11.9 Å². The standard InChI is InChI=1S/C9H12N2.ClH/c10-8-5-6-11-9-4-2-1-3-7(8)9;/h1-4,8,11H,5-6,10H2;1H. The third-order valence-electron chi connectivity index (χ3n) is 2.13. The fourth-order valence-corrected chi connectivity index (χ4v) is 1.50. The zero-order valence-corrected chi connectivity index (χ0v) is 7.60. The monoisotopic (exact) mass is 184 g/mol. The summed E-state index contributed by atoms with van der Waals surface area (Å²) in [5.41, 5.74) is 8.36. The van der Waals surface area contributed by atoms with E-state index in [0.29, 0.717) is 0 Å². The Morgan fingerprint density at radius 1 is 1.33 bits per heavy atom. The molecule has 1 aromatic carbocycles. The molecule has 2 nitrogen and oxygen atoms in total. The summed E-state index contributed by atoms with van der Waals surface area (Å²) in [7, 11) is 0. The molecule has 66 valence electrons. The highest BCUT2D eigenvalue weighted by Gasteiger charge is 2.14. The third-order valence-corrected chi connectivity index (χ3v) is 2.13. The van der Waals surface area contributed by atoms with Gasteiger partial charge in [-0.25, -0.2) is 0 Å². The zero-order valence-electron chi connectivity index (χ0n) is 6.79. The van der Waals surface area contributed by atoms with Gasteiger partial charge in [-0.05, 0) is 18.1 Å². The third kappa shape index (κ3) is 1.54. The average molecular weight is 185 g/mol. The molecule has 1 heterocycles. The largest absolute Gasteiger partial charge is 0.385 e. The van der Waals surface area contributed by atoms with Crippen LogP contribution in [-0.2, 0) is 0 Å². The van der Waals surface area contributed by atoms with Gasteiger partial charge in [0.15, 0.2) is 0 Å². The van der Waals surface area contributed by atoms with Crippen molar-refractivity contribution in [2.45, 2.75) is 12.5 Å². The number of hydrogen-bond acceptors (Lipinski definition) is 2. The quantitative estimate of drug-likeness (QED) is 0.647. The lowest BCUT2D eigenvalue weighted by atomic mass is 9.99. The summed E-state index contributed by atoms with van der Waals surface area (Å²) < 4.78 is 0. The molecule has 2 rings (SSSR count). The van der Waals surface area contributed by atoms with Gasteiger partial charge in [-0.2, -0.15) is 0 Å². The molecule has 0 saturated carbocycles. The van der Waals surface area contributed by atoms with Crippen molar-refractivity contribution in [1.29, 1.82) is 0 Å². The summed E-state index contributed by atoms with van der Waals surface area (Å²) >= 11 is 0. The van der Waals surface area contributed by atoms with Crippen LogP contribution in [0.3, 0.4) is 0 Å². The smallest absolute Gasteiger partial charge is 0.0388 e. The number of hydrogen-bond donors (Lipinski definition) is 2. The van der Waals surface area contributed by atoms with E-state index >= 15 is 0 Å². The summed E-state index contributed by atoms with van der Waals surface area (Å²) in [5.74, 6) is 0. The minimum absolute atomic E-state index is 0. The second-order valence-electron chi connectivity index (χ2n) is 2.91. The van der Waals surface area contributed by atoms with Crippen LogP contribution in [-0.4, -0.2) is 6.54 Å². The van der Waals surface area contributed by atoms with E-state index in [4.69, 9.17) is 5.73 Å². The Labute approximate surface area is 78.6 Å². The maximum Gasteiger partial charge on any atom is 0.0388 e. The van der Waals surface area contributed by atoms with Crippen LogP contribution < -0.4 is 11.1 Å². The normalized spacial score (nSPS) is 20.2. The number of anilines is 1. The maximum absolute atomic E-state index is 5.91. The molecule has 0 amide bonds. The first-order valence-corrected chi connectivity index (χ1v) is 3.96. The highest BCUT2D eigenvalue weighted by atomic mass is 35.5. The van der Waals surface area contributed by atoms with Crippen molar-refractivity contribution in [3.63, 3.8) is 0 Å². The first kappa shape index (κ1) is 9.36. The molecule has 0 aromatic heterocycles. The van der Waals surface area contributed by atoms with E-state index in [2.05, 4.69) is 17.4 Å². The van der Waals surface area contributed by atoms with E-state index < -0.39 is 0 Å². The molecule has 0 aliphatic carbocycles. The molecule has 0 fully saturated rings. The Balaban J connectivity index is 0.000000720. The molecule has 1 aliphatic rings. The lowest BCUT2D eigenvalue weighted by molar-refractivity contribution is 0.655. The first-order valence-electron chi connectivity index (χ1n) is 3.96. The van der Waals surface area contributed by atoms with Crippen LogP contribution >= 0.6 is 12.4 Å². The summed E-state index contributed by atoms with van der Waals surface area (Å²) in [4.78, 5) is 0. The molecule has 0 radical (unpaired) electrons. The van der Waals surface area contributed by atoms with Gasteiger partial charge in [0.25, 0.3) is 0 Å². The summed E-state index contributed by atoms with van der Waals surface area (Å²) in [5, 5.41) is 3.31. The molecule has 0 saturated heterocycles. The number of rotatable bonds is 0. The molecular formula is C9H13ClN2. The van der Waals surface area contributed by atoms with Gasteiger partial charge < -0.3 is 11.1 Å². The number of benzene rings is 1. The van der Waals surface area contributed by atoms with Gasteiger partial charge in [-0.15, -0.1) is 12.4 Å². The molecule has 1 aromatic rings. The van der Waals surface area contributed by atoms with Crippen LogP contribution in [0.15, 0.2) is 24.3 Å². The first-order chi connectivity index (χ1) is 5.38. The molecule has 1 atom stereocenters. The van der Waals surface area contributed by atoms with Gasteiger partial charge >= 0.3 is 0 Å². The van der Waals surface area contributed by atoms with Crippen LogP contribution in [0.25, 0.3) is 0 Å². The Kier molecular flexibility index (Phi) is 2.95. The summed E-state index contributed by atoms with van der Waals surface area (Å²) in [6, 6.07) is 8.46. The zero-order chi connectivity index (χ0) is 7.68. The van der Waals surface area contributed by atoms with Crippen molar-refractivity contribution in [3.8, 4) is 0 Å². The van der Waals surface area contributed by atoms with E-state index in [0.717, 1.165) is 13.0 Å². The predicted octanol–water partition coefficient (Wildman–Crippen LogP) is 1.92. The van der Waals surface area contributed by atoms with Gasteiger partial charge in [0.1, 0.15) is 0 Å². The minimum atomic E-state index is 0. The van der Waals surface area contributed by atoms with E-state index in [1.165, 1.54) is 11.3 Å². The van der Waals surface area contributed by atoms with Crippen LogP contribution in [0.4, 0.5) is 5.69 Å². The number of halogens is 1. The predicted molar refractivity (Wildman–Crippen MR) is 53.7 cm³/mol.